The fraction of sp³-hybridized carbons (Fsp3) is 0.647. The van der Waals surface area contributed by atoms with Gasteiger partial charge in [0.2, 0.25) is 0 Å². The molecule has 0 bridgehead atoms. The summed E-state index contributed by atoms with van der Waals surface area (Å²) in [4.78, 5) is 2.35. The predicted molar refractivity (Wildman–Crippen MR) is 83.7 cm³/mol. The lowest BCUT2D eigenvalue weighted by molar-refractivity contribution is 0.157. The van der Waals surface area contributed by atoms with E-state index < -0.39 is 11.6 Å². The van der Waals surface area contributed by atoms with Crippen LogP contribution in [-0.2, 0) is 0 Å². The highest BCUT2D eigenvalue weighted by Gasteiger charge is 2.22. The first-order valence-corrected chi connectivity index (χ1v) is 8.15. The van der Waals surface area contributed by atoms with Gasteiger partial charge in [-0.05, 0) is 58.3 Å². The second-order valence-electron chi connectivity index (χ2n) is 6.06. The summed E-state index contributed by atoms with van der Waals surface area (Å²) < 4.78 is 26.5. The highest BCUT2D eigenvalue weighted by Crippen LogP contribution is 2.18. The zero-order valence-corrected chi connectivity index (χ0v) is 13.2. The second kappa shape index (κ2) is 8.56. The molecule has 0 aliphatic carbocycles. The van der Waals surface area contributed by atoms with E-state index in [4.69, 9.17) is 0 Å². The Morgan fingerprint density at radius 1 is 1.36 bits per heavy atom. The lowest BCUT2D eigenvalue weighted by Crippen LogP contribution is -2.33. The number of benzene rings is 1. The maximum Gasteiger partial charge on any atom is 0.130 e. The third-order valence-corrected chi connectivity index (χ3v) is 4.46. The van der Waals surface area contributed by atoms with Gasteiger partial charge in [-0.25, -0.2) is 8.78 Å². The fourth-order valence-electron chi connectivity index (χ4n) is 3.12. The van der Waals surface area contributed by atoms with Crippen molar-refractivity contribution < 1.29 is 13.9 Å². The lowest BCUT2D eigenvalue weighted by atomic mass is 10.1. The van der Waals surface area contributed by atoms with Crippen molar-refractivity contribution in [1.82, 2.24) is 10.2 Å². The van der Waals surface area contributed by atoms with Crippen LogP contribution in [0.15, 0.2) is 18.2 Å². The molecule has 0 radical (unpaired) electrons. The molecule has 22 heavy (non-hydrogen) atoms. The highest BCUT2D eigenvalue weighted by molar-refractivity contribution is 5.21. The Hall–Kier alpha value is -1.04. The molecule has 0 amide bonds. The largest absolute Gasteiger partial charge is 0.395 e. The smallest absolute Gasteiger partial charge is 0.130 e. The van der Waals surface area contributed by atoms with Gasteiger partial charge in [-0.1, -0.05) is 6.07 Å². The molecule has 1 aromatic rings. The zero-order valence-electron chi connectivity index (χ0n) is 13.2. The molecular weight excluding hydrogens is 286 g/mol. The van der Waals surface area contributed by atoms with Crippen molar-refractivity contribution in [2.45, 2.75) is 44.7 Å². The minimum Gasteiger partial charge on any atom is -0.395 e. The van der Waals surface area contributed by atoms with E-state index in [-0.39, 0.29) is 12.6 Å². The summed E-state index contributed by atoms with van der Waals surface area (Å²) in [6, 6.07) is 3.92. The predicted octanol–water partition coefficient (Wildman–Crippen LogP) is 2.85. The monoisotopic (exact) mass is 312 g/mol. The van der Waals surface area contributed by atoms with Crippen molar-refractivity contribution in [2.24, 2.45) is 0 Å². The summed E-state index contributed by atoms with van der Waals surface area (Å²) in [6.07, 6.45) is 4.32. The molecule has 1 aliphatic rings. The average Bonchev–Trinajstić information content (AvgIpc) is 2.94. The molecule has 1 fully saturated rings. The molecule has 1 aliphatic heterocycles. The Morgan fingerprint density at radius 2 is 2.18 bits per heavy atom. The topological polar surface area (TPSA) is 35.5 Å². The Labute approximate surface area is 131 Å². The van der Waals surface area contributed by atoms with Crippen LogP contribution in [0.3, 0.4) is 0 Å². The Bertz CT molecular complexity index is 470. The van der Waals surface area contributed by atoms with Gasteiger partial charge < -0.3 is 10.4 Å². The van der Waals surface area contributed by atoms with E-state index >= 15 is 0 Å². The summed E-state index contributed by atoms with van der Waals surface area (Å²) in [5, 5.41) is 12.5. The minimum absolute atomic E-state index is 0.127. The molecule has 124 valence electrons. The summed E-state index contributed by atoms with van der Waals surface area (Å²) in [5.74, 6) is -1.04. The molecule has 0 saturated carbocycles. The van der Waals surface area contributed by atoms with Crippen LogP contribution in [0.2, 0.25) is 0 Å². The first kappa shape index (κ1) is 17.3. The van der Waals surface area contributed by atoms with E-state index in [9.17, 15) is 13.9 Å². The molecule has 1 aromatic carbocycles. The number of aliphatic hydroxyl groups excluding tert-OH is 1. The minimum atomic E-state index is -0.544. The van der Waals surface area contributed by atoms with Gasteiger partial charge in [-0.15, -0.1) is 0 Å². The van der Waals surface area contributed by atoms with Gasteiger partial charge in [0.25, 0.3) is 0 Å². The quantitative estimate of drug-likeness (QED) is 0.725. The van der Waals surface area contributed by atoms with E-state index in [1.54, 1.807) is 0 Å². The van der Waals surface area contributed by atoms with Crippen molar-refractivity contribution in [2.75, 3.05) is 26.2 Å². The zero-order chi connectivity index (χ0) is 15.9. The van der Waals surface area contributed by atoms with Gasteiger partial charge in [-0.3, -0.25) is 4.90 Å². The summed E-state index contributed by atoms with van der Waals surface area (Å²) in [6.45, 7) is 5.02. The molecule has 0 aromatic heterocycles. The van der Waals surface area contributed by atoms with Gasteiger partial charge in [0.15, 0.2) is 0 Å². The van der Waals surface area contributed by atoms with Gasteiger partial charge >= 0.3 is 0 Å². The number of hydrogen-bond acceptors (Lipinski definition) is 3. The fourth-order valence-corrected chi connectivity index (χ4v) is 3.12. The number of hydrogen-bond donors (Lipinski definition) is 2. The highest BCUT2D eigenvalue weighted by atomic mass is 19.1. The lowest BCUT2D eigenvalue weighted by Gasteiger charge is -2.22. The molecule has 5 heteroatoms. The molecule has 1 saturated heterocycles. The SMILES string of the molecule is CC(NCCCCN1CCCC1CO)c1ccc(F)cc1F. The van der Waals surface area contributed by atoms with Crippen LogP contribution in [0.25, 0.3) is 0 Å². The molecule has 1 heterocycles. The van der Waals surface area contributed by atoms with Gasteiger partial charge in [0.1, 0.15) is 11.6 Å². The van der Waals surface area contributed by atoms with Crippen molar-refractivity contribution in [3.8, 4) is 0 Å². The van der Waals surface area contributed by atoms with Crippen LogP contribution in [-0.4, -0.2) is 42.3 Å². The molecular formula is C17H26F2N2O. The maximum atomic E-state index is 13.7. The van der Waals surface area contributed by atoms with E-state index in [0.717, 1.165) is 45.0 Å². The number of aliphatic hydroxyl groups is 1. The molecule has 0 spiro atoms. The Balaban J connectivity index is 1.66. The summed E-state index contributed by atoms with van der Waals surface area (Å²) >= 11 is 0. The van der Waals surface area contributed by atoms with Crippen LogP contribution < -0.4 is 5.32 Å². The van der Waals surface area contributed by atoms with E-state index in [1.807, 2.05) is 6.92 Å². The number of unbranched alkanes of at least 4 members (excludes halogenated alkanes) is 1. The Kier molecular flexibility index (Phi) is 6.73. The van der Waals surface area contributed by atoms with Crippen LogP contribution in [0, 0.1) is 11.6 Å². The maximum absolute atomic E-state index is 13.7. The first-order valence-electron chi connectivity index (χ1n) is 8.15. The number of likely N-dealkylation sites (tertiary alicyclic amines) is 1. The van der Waals surface area contributed by atoms with Crippen molar-refractivity contribution in [3.05, 3.63) is 35.4 Å². The van der Waals surface area contributed by atoms with Crippen LogP contribution in [0.1, 0.15) is 44.2 Å². The number of halogens is 2. The number of nitrogens with one attached hydrogen (secondary N) is 1. The van der Waals surface area contributed by atoms with Gasteiger partial charge in [-0.2, -0.15) is 0 Å². The van der Waals surface area contributed by atoms with Crippen LogP contribution in [0.4, 0.5) is 8.78 Å². The van der Waals surface area contributed by atoms with Crippen LogP contribution >= 0.6 is 0 Å². The summed E-state index contributed by atoms with van der Waals surface area (Å²) in [7, 11) is 0. The van der Waals surface area contributed by atoms with E-state index in [1.165, 1.54) is 18.6 Å². The van der Waals surface area contributed by atoms with E-state index in [2.05, 4.69) is 10.2 Å². The molecule has 3 nitrogen and oxygen atoms in total. The van der Waals surface area contributed by atoms with Crippen molar-refractivity contribution in [3.63, 3.8) is 0 Å². The van der Waals surface area contributed by atoms with Gasteiger partial charge in [0, 0.05) is 23.7 Å². The van der Waals surface area contributed by atoms with E-state index in [0.29, 0.717) is 11.6 Å². The summed E-state index contributed by atoms with van der Waals surface area (Å²) in [5.41, 5.74) is 0.501. The third-order valence-electron chi connectivity index (χ3n) is 4.46. The molecule has 2 rings (SSSR count). The van der Waals surface area contributed by atoms with Crippen molar-refractivity contribution >= 4 is 0 Å². The van der Waals surface area contributed by atoms with Crippen molar-refractivity contribution in [1.29, 1.82) is 0 Å². The molecule has 2 unspecified atom stereocenters. The third kappa shape index (κ3) is 4.73. The molecule has 2 N–H and O–H groups in total. The number of nitrogens with zero attached hydrogens (tertiary/aromatic N) is 1. The normalized spacial score (nSPS) is 20.5. The Morgan fingerprint density at radius 3 is 2.91 bits per heavy atom. The first-order chi connectivity index (χ1) is 10.6. The standard InChI is InChI=1S/C17H26F2N2O/c1-13(16-7-6-14(18)11-17(16)19)20-8-2-3-9-21-10-4-5-15(21)12-22/h6-7,11,13,15,20,22H,2-5,8-10,12H2,1H3. The second-order valence-corrected chi connectivity index (χ2v) is 6.06. The average molecular weight is 312 g/mol. The number of rotatable bonds is 8. The molecule has 2 atom stereocenters. The van der Waals surface area contributed by atoms with Crippen LogP contribution in [0.5, 0.6) is 0 Å². The van der Waals surface area contributed by atoms with Gasteiger partial charge in [0.05, 0.1) is 6.61 Å².